The van der Waals surface area contributed by atoms with Crippen LogP contribution in [0.3, 0.4) is 0 Å². The monoisotopic (exact) mass is 582 g/mol. The lowest BCUT2D eigenvalue weighted by Crippen LogP contribution is -2.03. The average molecular weight is 583 g/mol. The molecule has 6 heteroatoms. The quantitative estimate of drug-likeness (QED) is 0.173. The van der Waals surface area contributed by atoms with E-state index in [1.807, 2.05) is 91.4 Å². The van der Waals surface area contributed by atoms with Crippen molar-refractivity contribution < 1.29 is 0 Å². The summed E-state index contributed by atoms with van der Waals surface area (Å²) in [7, 11) is 0. The van der Waals surface area contributed by atoms with Crippen LogP contribution in [-0.2, 0) is 19.3 Å². The second-order valence-corrected chi connectivity index (χ2v) is 10.9. The Kier molecular flexibility index (Phi) is 8.18. The first-order valence-corrected chi connectivity index (χ1v) is 15.0. The van der Waals surface area contributed by atoms with Gasteiger partial charge >= 0.3 is 0 Å². The number of hydrogen-bond acceptors (Lipinski definition) is 6. The third-order valence-electron chi connectivity index (χ3n) is 7.54. The molecule has 3 aromatic carbocycles. The van der Waals surface area contributed by atoms with E-state index in [0.717, 1.165) is 53.0 Å². The maximum atomic E-state index is 4.99. The van der Waals surface area contributed by atoms with Gasteiger partial charge in [-0.2, -0.15) is 0 Å². The van der Waals surface area contributed by atoms with Crippen molar-refractivity contribution in [3.05, 3.63) is 180 Å². The molecule has 4 aromatic heterocycles. The van der Waals surface area contributed by atoms with E-state index < -0.39 is 0 Å². The fourth-order valence-electron chi connectivity index (χ4n) is 5.32. The summed E-state index contributed by atoms with van der Waals surface area (Å²) in [5.41, 5.74) is 9.11. The molecule has 0 aliphatic rings. The van der Waals surface area contributed by atoms with Crippen LogP contribution in [0.4, 0.5) is 0 Å². The summed E-state index contributed by atoms with van der Waals surface area (Å²) in [4.78, 5) is 28.9. The molecule has 0 saturated heterocycles. The van der Waals surface area contributed by atoms with E-state index in [9.17, 15) is 0 Å². The third kappa shape index (κ3) is 7.03. The highest BCUT2D eigenvalue weighted by Gasteiger charge is 2.15. The van der Waals surface area contributed by atoms with Gasteiger partial charge in [0.15, 0.2) is 17.5 Å². The van der Waals surface area contributed by atoms with Gasteiger partial charge in [-0.1, -0.05) is 91.0 Å². The maximum Gasteiger partial charge on any atom is 0.164 e. The number of hydrogen-bond donors (Lipinski definition) is 0. The van der Waals surface area contributed by atoms with Crippen LogP contribution in [0.15, 0.2) is 146 Å². The molecule has 0 atom stereocenters. The smallest absolute Gasteiger partial charge is 0.164 e. The van der Waals surface area contributed by atoms with Gasteiger partial charge in [-0.3, -0.25) is 15.0 Å². The van der Waals surface area contributed by atoms with Crippen LogP contribution in [0.2, 0.25) is 0 Å². The molecule has 7 aromatic rings. The minimum Gasteiger partial charge on any atom is -0.261 e. The number of aromatic nitrogens is 6. The lowest BCUT2D eigenvalue weighted by Gasteiger charge is -2.11. The van der Waals surface area contributed by atoms with E-state index in [2.05, 4.69) is 69.5 Å². The van der Waals surface area contributed by atoms with Crippen molar-refractivity contribution in [1.29, 1.82) is 0 Å². The van der Waals surface area contributed by atoms with Gasteiger partial charge in [-0.05, 0) is 53.1 Å². The Balaban J connectivity index is 1.29. The van der Waals surface area contributed by atoms with E-state index in [1.54, 1.807) is 0 Å². The van der Waals surface area contributed by atoms with Crippen LogP contribution in [0.1, 0.15) is 33.8 Å². The van der Waals surface area contributed by atoms with Gasteiger partial charge in [0, 0.05) is 71.6 Å². The number of pyridine rings is 3. The Morgan fingerprint density at radius 1 is 0.333 bits per heavy atom. The van der Waals surface area contributed by atoms with Gasteiger partial charge in [0.25, 0.3) is 0 Å². The molecule has 0 N–H and O–H groups in total. The molecular weight excluding hydrogens is 552 g/mol. The minimum absolute atomic E-state index is 0.592. The molecule has 7 rings (SSSR count). The molecule has 45 heavy (non-hydrogen) atoms. The van der Waals surface area contributed by atoms with Crippen molar-refractivity contribution in [3.63, 3.8) is 0 Å². The first-order chi connectivity index (χ1) is 22.2. The van der Waals surface area contributed by atoms with Gasteiger partial charge in [0.2, 0.25) is 0 Å². The Hall–Kier alpha value is -5.88. The zero-order valence-corrected chi connectivity index (χ0v) is 24.7. The molecule has 0 unspecified atom stereocenters. The van der Waals surface area contributed by atoms with Crippen molar-refractivity contribution in [3.8, 4) is 34.2 Å². The minimum atomic E-state index is 0.592. The fourth-order valence-corrected chi connectivity index (χ4v) is 5.32. The van der Waals surface area contributed by atoms with Gasteiger partial charge in [0.05, 0.1) is 0 Å². The van der Waals surface area contributed by atoms with Crippen LogP contribution in [0.25, 0.3) is 34.2 Å². The lowest BCUT2D eigenvalue weighted by atomic mass is 10.1. The summed E-state index contributed by atoms with van der Waals surface area (Å²) < 4.78 is 0. The Labute approximate surface area is 262 Å². The molecule has 0 amide bonds. The van der Waals surface area contributed by atoms with Crippen molar-refractivity contribution in [2.24, 2.45) is 0 Å². The average Bonchev–Trinajstić information content (AvgIpc) is 3.10. The van der Waals surface area contributed by atoms with E-state index in [-0.39, 0.29) is 0 Å². The standard InChI is InChI=1S/C39H30N6/c1-4-10-28(11-5-1)22-34-25-31(16-19-40-34)37-43-38(32-17-20-41-35(26-32)23-29-12-6-2-7-13-29)45-39(44-37)33-18-21-42-36(27-33)24-30-14-8-3-9-15-30/h1-21,25-27H,22-24H2. The van der Waals surface area contributed by atoms with E-state index >= 15 is 0 Å². The molecule has 0 saturated carbocycles. The molecule has 4 heterocycles. The summed E-state index contributed by atoms with van der Waals surface area (Å²) in [5.74, 6) is 1.78. The molecule has 0 aliphatic carbocycles. The van der Waals surface area contributed by atoms with Gasteiger partial charge in [-0.25, -0.2) is 15.0 Å². The van der Waals surface area contributed by atoms with E-state index in [4.69, 9.17) is 15.0 Å². The zero-order chi connectivity index (χ0) is 30.3. The molecule has 0 aliphatic heterocycles. The Bertz CT molecular complexity index is 1780. The number of rotatable bonds is 9. The maximum absolute atomic E-state index is 4.99. The van der Waals surface area contributed by atoms with Gasteiger partial charge < -0.3 is 0 Å². The van der Waals surface area contributed by atoms with Crippen LogP contribution < -0.4 is 0 Å². The first kappa shape index (κ1) is 27.9. The van der Waals surface area contributed by atoms with E-state index in [1.165, 1.54) is 16.7 Å². The summed E-state index contributed by atoms with van der Waals surface area (Å²) >= 11 is 0. The highest BCUT2D eigenvalue weighted by Crippen LogP contribution is 2.26. The molecule has 0 fully saturated rings. The van der Waals surface area contributed by atoms with Gasteiger partial charge in [-0.15, -0.1) is 0 Å². The largest absolute Gasteiger partial charge is 0.261 e. The van der Waals surface area contributed by atoms with Crippen LogP contribution in [-0.4, -0.2) is 29.9 Å². The molecule has 0 radical (unpaired) electrons. The first-order valence-electron chi connectivity index (χ1n) is 15.0. The van der Waals surface area contributed by atoms with Crippen molar-refractivity contribution in [2.75, 3.05) is 0 Å². The summed E-state index contributed by atoms with van der Waals surface area (Å²) in [6, 6.07) is 43.1. The normalized spacial score (nSPS) is 10.9. The fraction of sp³-hybridized carbons (Fsp3) is 0.0769. The Morgan fingerprint density at radius 2 is 0.622 bits per heavy atom. The topological polar surface area (TPSA) is 77.3 Å². The SMILES string of the molecule is c1ccc(Cc2cc(-c3nc(-c4ccnc(Cc5ccccc5)c4)nc(-c4ccnc(Cc5ccccc5)c4)n3)ccn2)cc1. The highest BCUT2D eigenvalue weighted by molar-refractivity contribution is 5.66. The van der Waals surface area contributed by atoms with Crippen LogP contribution in [0.5, 0.6) is 0 Å². The second kappa shape index (κ2) is 13.2. The van der Waals surface area contributed by atoms with Crippen LogP contribution in [0, 0.1) is 0 Å². The highest BCUT2D eigenvalue weighted by atomic mass is 15.0. The number of benzene rings is 3. The zero-order valence-electron chi connectivity index (χ0n) is 24.7. The molecular formula is C39H30N6. The lowest BCUT2D eigenvalue weighted by molar-refractivity contribution is 1.03. The summed E-state index contributed by atoms with van der Waals surface area (Å²) in [6.07, 6.45) is 7.64. The van der Waals surface area contributed by atoms with Gasteiger partial charge in [0.1, 0.15) is 0 Å². The summed E-state index contributed by atoms with van der Waals surface area (Å²) in [6.45, 7) is 0. The van der Waals surface area contributed by atoms with Crippen molar-refractivity contribution >= 4 is 0 Å². The van der Waals surface area contributed by atoms with E-state index in [0.29, 0.717) is 17.5 Å². The molecule has 0 bridgehead atoms. The third-order valence-corrected chi connectivity index (χ3v) is 7.54. The molecule has 0 spiro atoms. The predicted molar refractivity (Wildman–Crippen MR) is 177 cm³/mol. The number of nitrogens with zero attached hydrogens (tertiary/aromatic N) is 6. The Morgan fingerprint density at radius 3 is 0.911 bits per heavy atom. The molecule has 216 valence electrons. The van der Waals surface area contributed by atoms with Crippen molar-refractivity contribution in [1.82, 2.24) is 29.9 Å². The predicted octanol–water partition coefficient (Wildman–Crippen LogP) is 7.83. The summed E-state index contributed by atoms with van der Waals surface area (Å²) in [5, 5.41) is 0. The van der Waals surface area contributed by atoms with Crippen molar-refractivity contribution in [2.45, 2.75) is 19.3 Å². The van der Waals surface area contributed by atoms with Crippen LogP contribution >= 0.6 is 0 Å². The second-order valence-electron chi connectivity index (χ2n) is 10.9. The molecule has 6 nitrogen and oxygen atoms in total.